The smallest absolute Gasteiger partial charge is 0.328 e. The quantitative estimate of drug-likeness (QED) is 0.418. The lowest BCUT2D eigenvalue weighted by Gasteiger charge is -2.20. The first-order chi connectivity index (χ1) is 15.0. The molecule has 0 fully saturated rings. The molecule has 0 radical (unpaired) electrons. The SMILES string of the molecule is CC(C)(C)c1nc2cc(C(C=O)Cc3ccc(C#N)cc3)ccc2n1CCCC(F)(F)F. The Bertz CT molecular complexity index is 1130. The largest absolute Gasteiger partial charge is 0.389 e. The van der Waals surface area contributed by atoms with Gasteiger partial charge in [0, 0.05) is 24.3 Å². The van der Waals surface area contributed by atoms with Gasteiger partial charge in [-0.2, -0.15) is 18.4 Å². The number of halogens is 3. The van der Waals surface area contributed by atoms with E-state index in [2.05, 4.69) is 6.07 Å². The lowest BCUT2D eigenvalue weighted by molar-refractivity contribution is -0.135. The lowest BCUT2D eigenvalue weighted by atomic mass is 9.92. The molecule has 1 heterocycles. The summed E-state index contributed by atoms with van der Waals surface area (Å²) in [6.07, 6.45) is -3.67. The summed E-state index contributed by atoms with van der Waals surface area (Å²) in [6, 6.07) is 14.7. The predicted octanol–water partition coefficient (Wildman–Crippen LogP) is 6.07. The molecule has 0 amide bonds. The van der Waals surface area contributed by atoms with Crippen LogP contribution in [0, 0.1) is 11.3 Å². The number of imidazole rings is 1. The third-order valence-corrected chi connectivity index (χ3v) is 5.42. The second-order valence-electron chi connectivity index (χ2n) is 9.06. The average molecular weight is 441 g/mol. The van der Waals surface area contributed by atoms with Crippen LogP contribution in [0.1, 0.15) is 62.0 Å². The van der Waals surface area contributed by atoms with Crippen LogP contribution in [0.25, 0.3) is 11.0 Å². The molecule has 1 aromatic heterocycles. The van der Waals surface area contributed by atoms with Crippen LogP contribution in [0.3, 0.4) is 0 Å². The summed E-state index contributed by atoms with van der Waals surface area (Å²) in [5.41, 5.74) is 3.40. The fourth-order valence-corrected chi connectivity index (χ4v) is 3.83. The number of rotatable bonds is 7. The molecule has 2 aromatic carbocycles. The lowest BCUT2D eigenvalue weighted by Crippen LogP contribution is -2.20. The molecule has 3 rings (SSSR count). The van der Waals surface area contributed by atoms with Gasteiger partial charge in [-0.25, -0.2) is 4.98 Å². The number of fused-ring (bicyclic) bond motifs is 1. The standard InChI is InChI=1S/C25H26F3N3O/c1-24(2,3)23-30-21-14-19(9-10-22(21)31(23)12-4-11-25(26,27)28)20(16-32)13-17-5-7-18(15-29)8-6-17/h5-10,14,16,20H,4,11-13H2,1-3H3. The molecule has 1 atom stereocenters. The van der Waals surface area contributed by atoms with Gasteiger partial charge in [0.25, 0.3) is 0 Å². The second-order valence-corrected chi connectivity index (χ2v) is 9.06. The number of nitriles is 1. The van der Waals surface area contributed by atoms with Crippen LogP contribution in [0.15, 0.2) is 42.5 Å². The summed E-state index contributed by atoms with van der Waals surface area (Å²) in [7, 11) is 0. The van der Waals surface area contributed by atoms with Gasteiger partial charge in [-0.15, -0.1) is 0 Å². The van der Waals surface area contributed by atoms with E-state index in [0.717, 1.165) is 28.8 Å². The van der Waals surface area contributed by atoms with Crippen molar-refractivity contribution in [1.29, 1.82) is 5.26 Å². The zero-order chi connectivity index (χ0) is 23.5. The molecule has 1 unspecified atom stereocenters. The Kier molecular flexibility index (Phi) is 6.73. The Balaban J connectivity index is 1.92. The molecule has 4 nitrogen and oxygen atoms in total. The van der Waals surface area contributed by atoms with Crippen molar-refractivity contribution >= 4 is 17.3 Å². The van der Waals surface area contributed by atoms with E-state index in [4.69, 9.17) is 10.2 Å². The van der Waals surface area contributed by atoms with E-state index < -0.39 is 12.6 Å². The van der Waals surface area contributed by atoms with Crippen LogP contribution in [0.2, 0.25) is 0 Å². The molecule has 3 aromatic rings. The normalized spacial score (nSPS) is 13.2. The summed E-state index contributed by atoms with van der Waals surface area (Å²) in [5.74, 6) is 0.336. The van der Waals surface area contributed by atoms with E-state index in [1.807, 2.05) is 55.7 Å². The van der Waals surface area contributed by atoms with Crippen molar-refractivity contribution in [2.24, 2.45) is 0 Å². The number of benzene rings is 2. The first kappa shape index (κ1) is 23.5. The molecular formula is C25H26F3N3O. The topological polar surface area (TPSA) is 58.7 Å². The predicted molar refractivity (Wildman–Crippen MR) is 117 cm³/mol. The molecule has 0 aliphatic heterocycles. The number of aryl methyl sites for hydroxylation is 1. The number of hydrogen-bond donors (Lipinski definition) is 0. The number of nitrogens with zero attached hydrogens (tertiary/aromatic N) is 3. The third-order valence-electron chi connectivity index (χ3n) is 5.42. The first-order valence-corrected chi connectivity index (χ1v) is 10.5. The minimum atomic E-state index is -4.19. The van der Waals surface area contributed by atoms with Crippen LogP contribution >= 0.6 is 0 Å². The van der Waals surface area contributed by atoms with Gasteiger partial charge in [-0.1, -0.05) is 39.0 Å². The average Bonchev–Trinajstić information content (AvgIpc) is 3.10. The Labute approximate surface area is 185 Å². The fourth-order valence-electron chi connectivity index (χ4n) is 3.83. The van der Waals surface area contributed by atoms with Gasteiger partial charge in [0.05, 0.1) is 22.7 Å². The van der Waals surface area contributed by atoms with E-state index >= 15 is 0 Å². The van der Waals surface area contributed by atoms with E-state index in [0.29, 0.717) is 17.5 Å². The van der Waals surface area contributed by atoms with Crippen molar-refractivity contribution in [3.63, 3.8) is 0 Å². The minimum absolute atomic E-state index is 0.0184. The van der Waals surface area contributed by atoms with E-state index in [-0.39, 0.29) is 24.3 Å². The highest BCUT2D eigenvalue weighted by molar-refractivity contribution is 5.79. The Morgan fingerprint density at radius 2 is 1.81 bits per heavy atom. The Hall–Kier alpha value is -3.14. The molecule has 0 spiro atoms. The molecule has 0 aliphatic carbocycles. The van der Waals surface area contributed by atoms with Gasteiger partial charge >= 0.3 is 6.18 Å². The number of aldehydes is 1. The first-order valence-electron chi connectivity index (χ1n) is 10.5. The molecular weight excluding hydrogens is 415 g/mol. The highest BCUT2D eigenvalue weighted by Gasteiger charge is 2.28. The van der Waals surface area contributed by atoms with Gasteiger partial charge in [0.2, 0.25) is 0 Å². The molecule has 0 saturated carbocycles. The Morgan fingerprint density at radius 1 is 1.12 bits per heavy atom. The molecule has 7 heteroatoms. The molecule has 0 bridgehead atoms. The maximum absolute atomic E-state index is 12.7. The van der Waals surface area contributed by atoms with E-state index in [1.54, 1.807) is 12.1 Å². The molecule has 0 N–H and O–H groups in total. The van der Waals surface area contributed by atoms with Crippen molar-refractivity contribution in [2.45, 2.75) is 64.1 Å². The molecule has 168 valence electrons. The van der Waals surface area contributed by atoms with Gasteiger partial charge in [-0.3, -0.25) is 0 Å². The van der Waals surface area contributed by atoms with Gasteiger partial charge in [-0.05, 0) is 48.2 Å². The highest BCUT2D eigenvalue weighted by Crippen LogP contribution is 2.30. The van der Waals surface area contributed by atoms with Crippen molar-refractivity contribution in [1.82, 2.24) is 9.55 Å². The van der Waals surface area contributed by atoms with E-state index in [9.17, 15) is 18.0 Å². The second kappa shape index (κ2) is 9.15. The van der Waals surface area contributed by atoms with Crippen LogP contribution in [0.4, 0.5) is 13.2 Å². The maximum Gasteiger partial charge on any atom is 0.389 e. The van der Waals surface area contributed by atoms with Gasteiger partial charge in [0.1, 0.15) is 12.1 Å². The summed E-state index contributed by atoms with van der Waals surface area (Å²) < 4.78 is 39.8. The molecule has 0 aliphatic rings. The number of hydrogen-bond acceptors (Lipinski definition) is 3. The van der Waals surface area contributed by atoms with Gasteiger partial charge < -0.3 is 9.36 Å². The van der Waals surface area contributed by atoms with Crippen LogP contribution in [-0.4, -0.2) is 22.0 Å². The zero-order valence-corrected chi connectivity index (χ0v) is 18.4. The number of alkyl halides is 3. The summed E-state index contributed by atoms with van der Waals surface area (Å²) in [5, 5.41) is 8.94. The van der Waals surface area contributed by atoms with Crippen LogP contribution in [0.5, 0.6) is 0 Å². The van der Waals surface area contributed by atoms with Gasteiger partial charge in [0.15, 0.2) is 0 Å². The number of carbonyl (C=O) groups is 1. The van der Waals surface area contributed by atoms with Crippen molar-refractivity contribution in [3.05, 3.63) is 65.0 Å². The van der Waals surface area contributed by atoms with Crippen LogP contribution < -0.4 is 0 Å². The van der Waals surface area contributed by atoms with E-state index in [1.165, 1.54) is 0 Å². The summed E-state index contributed by atoms with van der Waals surface area (Å²) in [6.45, 7) is 6.17. The fraction of sp³-hybridized carbons (Fsp3) is 0.400. The maximum atomic E-state index is 12.7. The molecule has 32 heavy (non-hydrogen) atoms. The molecule has 0 saturated heterocycles. The summed E-state index contributed by atoms with van der Waals surface area (Å²) >= 11 is 0. The van der Waals surface area contributed by atoms with Crippen LogP contribution in [-0.2, 0) is 23.2 Å². The van der Waals surface area contributed by atoms with Crippen molar-refractivity contribution in [2.75, 3.05) is 0 Å². The monoisotopic (exact) mass is 441 g/mol. The number of aromatic nitrogens is 2. The summed E-state index contributed by atoms with van der Waals surface area (Å²) in [4.78, 5) is 16.6. The van der Waals surface area contributed by atoms with Crippen molar-refractivity contribution in [3.8, 4) is 6.07 Å². The highest BCUT2D eigenvalue weighted by atomic mass is 19.4. The van der Waals surface area contributed by atoms with Crippen molar-refractivity contribution < 1.29 is 18.0 Å². The number of carbonyl (C=O) groups excluding carboxylic acids is 1. The third kappa shape index (κ3) is 5.56. The minimum Gasteiger partial charge on any atom is -0.328 e. The zero-order valence-electron chi connectivity index (χ0n) is 18.4. The Morgan fingerprint density at radius 3 is 2.38 bits per heavy atom.